The second kappa shape index (κ2) is 11.5. The molecule has 222 valence electrons. The van der Waals surface area contributed by atoms with Crippen molar-refractivity contribution in [2.24, 2.45) is 0 Å². The van der Waals surface area contributed by atoms with Gasteiger partial charge < -0.3 is 4.57 Å². The first-order valence-corrected chi connectivity index (χ1v) is 15.6. The molecule has 0 unspecified atom stereocenters. The number of aryl methyl sites for hydroxylation is 2. The Balaban J connectivity index is 1.29. The minimum atomic E-state index is 0.550. The van der Waals surface area contributed by atoms with Crippen LogP contribution in [0.4, 0.5) is 0 Å². The molecule has 0 saturated carbocycles. The summed E-state index contributed by atoms with van der Waals surface area (Å²) in [6.07, 6.45) is 0. The summed E-state index contributed by atoms with van der Waals surface area (Å²) in [7, 11) is 0. The van der Waals surface area contributed by atoms with Gasteiger partial charge in [-0.3, -0.25) is 0 Å². The van der Waals surface area contributed by atoms with Gasteiger partial charge in [-0.15, -0.1) is 0 Å². The van der Waals surface area contributed by atoms with Crippen LogP contribution >= 0.6 is 0 Å². The minimum absolute atomic E-state index is 0.550. The van der Waals surface area contributed by atoms with E-state index in [9.17, 15) is 5.26 Å². The molecular formula is C42H29N5. The number of benzene rings is 6. The van der Waals surface area contributed by atoms with E-state index in [1.165, 1.54) is 32.9 Å². The zero-order valence-electron chi connectivity index (χ0n) is 26.0. The molecule has 47 heavy (non-hydrogen) atoms. The first-order valence-electron chi connectivity index (χ1n) is 15.6. The minimum Gasteiger partial charge on any atom is -0.309 e. The zero-order valence-corrected chi connectivity index (χ0v) is 26.0. The number of rotatable bonds is 5. The lowest BCUT2D eigenvalue weighted by Crippen LogP contribution is -2.01. The van der Waals surface area contributed by atoms with Crippen LogP contribution in [-0.2, 0) is 0 Å². The lowest BCUT2D eigenvalue weighted by molar-refractivity contribution is 1.07. The molecule has 5 nitrogen and oxygen atoms in total. The largest absolute Gasteiger partial charge is 0.309 e. The van der Waals surface area contributed by atoms with Crippen molar-refractivity contribution in [1.82, 2.24) is 19.5 Å². The third-order valence-corrected chi connectivity index (χ3v) is 8.60. The third-order valence-electron chi connectivity index (χ3n) is 8.60. The van der Waals surface area contributed by atoms with Crippen molar-refractivity contribution in [2.45, 2.75) is 13.8 Å². The molecule has 0 N–H and O–H groups in total. The van der Waals surface area contributed by atoms with Crippen LogP contribution in [0.2, 0.25) is 0 Å². The highest BCUT2D eigenvalue weighted by Gasteiger charge is 2.18. The van der Waals surface area contributed by atoms with Crippen LogP contribution in [0.5, 0.6) is 0 Å². The molecule has 0 aliphatic heterocycles. The van der Waals surface area contributed by atoms with Crippen LogP contribution in [0.3, 0.4) is 0 Å². The molecule has 0 spiro atoms. The second-order valence-electron chi connectivity index (χ2n) is 11.8. The van der Waals surface area contributed by atoms with Crippen LogP contribution in [0.25, 0.3) is 72.8 Å². The molecule has 0 atom stereocenters. The predicted molar refractivity (Wildman–Crippen MR) is 190 cm³/mol. The summed E-state index contributed by atoms with van der Waals surface area (Å²) < 4.78 is 2.32. The van der Waals surface area contributed by atoms with Crippen LogP contribution in [0.15, 0.2) is 140 Å². The van der Waals surface area contributed by atoms with Crippen molar-refractivity contribution in [3.63, 3.8) is 0 Å². The smallest absolute Gasteiger partial charge is 0.164 e. The summed E-state index contributed by atoms with van der Waals surface area (Å²) in [5, 5.41) is 12.4. The van der Waals surface area contributed by atoms with Crippen molar-refractivity contribution in [3.8, 4) is 57.0 Å². The van der Waals surface area contributed by atoms with Gasteiger partial charge in [0.1, 0.15) is 0 Å². The van der Waals surface area contributed by atoms with Crippen molar-refractivity contribution in [2.75, 3.05) is 0 Å². The lowest BCUT2D eigenvalue weighted by Gasteiger charge is -2.14. The predicted octanol–water partition coefficient (Wildman–Crippen LogP) is 10.1. The summed E-state index contributed by atoms with van der Waals surface area (Å²) in [6.45, 7) is 4.27. The van der Waals surface area contributed by atoms with E-state index in [-0.39, 0.29) is 0 Å². The van der Waals surface area contributed by atoms with Gasteiger partial charge in [0.25, 0.3) is 0 Å². The van der Waals surface area contributed by atoms with Crippen molar-refractivity contribution in [3.05, 3.63) is 156 Å². The second-order valence-corrected chi connectivity index (χ2v) is 11.8. The first-order chi connectivity index (χ1) is 23.1. The Bertz CT molecular complexity index is 2350. The Kier molecular flexibility index (Phi) is 6.89. The Hall–Kier alpha value is -6.38. The standard InChI is InChI=1S/C42H29N5/c1-27-13-21-38-36(23-27)37-24-28(2)14-22-39(37)47(38)33-18-16-30(17-19-33)35-25-29(26-43)15-20-34(35)42-45-40(31-9-5-3-6-10-31)44-41(46-42)32-11-7-4-8-12-32/h3-25H,1-2H3. The summed E-state index contributed by atoms with van der Waals surface area (Å²) in [5.41, 5.74) is 10.9. The molecule has 5 heteroatoms. The number of fused-ring (bicyclic) bond motifs is 3. The molecule has 0 aliphatic carbocycles. The third kappa shape index (κ3) is 5.12. The first kappa shape index (κ1) is 28.1. The fraction of sp³-hybridized carbons (Fsp3) is 0.0476. The van der Waals surface area contributed by atoms with E-state index in [0.29, 0.717) is 23.0 Å². The van der Waals surface area contributed by atoms with Gasteiger partial charge in [-0.1, -0.05) is 96.1 Å². The number of hydrogen-bond donors (Lipinski definition) is 0. The van der Waals surface area contributed by atoms with Gasteiger partial charge in [-0.25, -0.2) is 15.0 Å². The zero-order chi connectivity index (χ0) is 31.9. The molecule has 2 heterocycles. The molecule has 0 saturated heterocycles. The summed E-state index contributed by atoms with van der Waals surface area (Å²) in [5.74, 6) is 1.74. The normalized spacial score (nSPS) is 11.2. The highest BCUT2D eigenvalue weighted by molar-refractivity contribution is 6.09. The van der Waals surface area contributed by atoms with Crippen molar-refractivity contribution < 1.29 is 0 Å². The Labute approximate surface area is 273 Å². The average molecular weight is 604 g/mol. The molecule has 0 bridgehead atoms. The van der Waals surface area contributed by atoms with E-state index in [2.05, 4.69) is 85.1 Å². The lowest BCUT2D eigenvalue weighted by atomic mass is 9.96. The van der Waals surface area contributed by atoms with Crippen LogP contribution in [-0.4, -0.2) is 19.5 Å². The highest BCUT2D eigenvalue weighted by atomic mass is 15.0. The van der Waals surface area contributed by atoms with Crippen LogP contribution < -0.4 is 0 Å². The van der Waals surface area contributed by atoms with E-state index in [1.54, 1.807) is 0 Å². The Morgan fingerprint density at radius 2 is 1.02 bits per heavy atom. The van der Waals surface area contributed by atoms with Crippen LogP contribution in [0.1, 0.15) is 16.7 Å². The fourth-order valence-electron chi connectivity index (χ4n) is 6.30. The molecule has 6 aromatic carbocycles. The van der Waals surface area contributed by atoms with E-state index >= 15 is 0 Å². The van der Waals surface area contributed by atoms with E-state index in [1.807, 2.05) is 78.9 Å². The van der Waals surface area contributed by atoms with Gasteiger partial charge in [0.05, 0.1) is 22.7 Å². The Morgan fingerprint density at radius 3 is 1.55 bits per heavy atom. The summed E-state index contributed by atoms with van der Waals surface area (Å²) in [4.78, 5) is 14.8. The molecule has 0 aliphatic rings. The van der Waals surface area contributed by atoms with Crippen LogP contribution in [0, 0.1) is 25.2 Å². The molecule has 8 aromatic rings. The number of hydrogen-bond acceptors (Lipinski definition) is 4. The van der Waals surface area contributed by atoms with Gasteiger partial charge in [0.2, 0.25) is 0 Å². The summed E-state index contributed by atoms with van der Waals surface area (Å²) >= 11 is 0. The van der Waals surface area contributed by atoms with Crippen molar-refractivity contribution in [1.29, 1.82) is 5.26 Å². The van der Waals surface area contributed by atoms with Gasteiger partial charge in [0, 0.05) is 33.2 Å². The highest BCUT2D eigenvalue weighted by Crippen LogP contribution is 2.36. The van der Waals surface area contributed by atoms with Gasteiger partial charge >= 0.3 is 0 Å². The average Bonchev–Trinajstić information content (AvgIpc) is 3.44. The molecule has 8 rings (SSSR count). The SMILES string of the molecule is Cc1ccc2c(c1)c1cc(C)ccc1n2-c1ccc(-c2cc(C#N)ccc2-c2nc(-c3ccccc3)nc(-c3ccccc3)n2)cc1. The van der Waals surface area contributed by atoms with Gasteiger partial charge in [-0.05, 0) is 79.6 Å². The fourth-order valence-corrected chi connectivity index (χ4v) is 6.30. The quantitative estimate of drug-likeness (QED) is 0.196. The van der Waals surface area contributed by atoms with Gasteiger partial charge in [-0.2, -0.15) is 5.26 Å². The number of nitriles is 1. The maximum Gasteiger partial charge on any atom is 0.164 e. The van der Waals surface area contributed by atoms with E-state index in [0.717, 1.165) is 33.5 Å². The summed E-state index contributed by atoms with van der Waals surface area (Å²) in [6, 6.07) is 49.7. The van der Waals surface area contributed by atoms with Crippen molar-refractivity contribution >= 4 is 21.8 Å². The molecule has 2 aromatic heterocycles. The molecule has 0 radical (unpaired) electrons. The number of aromatic nitrogens is 4. The number of nitrogens with zero attached hydrogens (tertiary/aromatic N) is 5. The van der Waals surface area contributed by atoms with Gasteiger partial charge in [0.15, 0.2) is 17.5 Å². The maximum absolute atomic E-state index is 9.87. The van der Waals surface area contributed by atoms with E-state index in [4.69, 9.17) is 15.0 Å². The molecule has 0 amide bonds. The Morgan fingerprint density at radius 1 is 0.489 bits per heavy atom. The monoisotopic (exact) mass is 603 g/mol. The molecular weight excluding hydrogens is 574 g/mol. The topological polar surface area (TPSA) is 67.4 Å². The maximum atomic E-state index is 9.87. The molecule has 0 fully saturated rings. The van der Waals surface area contributed by atoms with E-state index < -0.39 is 0 Å².